The van der Waals surface area contributed by atoms with Gasteiger partial charge in [-0.05, 0) is 61.3 Å². The monoisotopic (exact) mass is 397 g/mol. The maximum absolute atomic E-state index is 12.3. The van der Waals surface area contributed by atoms with Gasteiger partial charge >= 0.3 is 5.97 Å². The minimum Gasteiger partial charge on any atom is -0.457 e. The van der Waals surface area contributed by atoms with E-state index in [0.717, 1.165) is 17.3 Å². The van der Waals surface area contributed by atoms with Crippen LogP contribution in [0.3, 0.4) is 0 Å². The van der Waals surface area contributed by atoms with Crippen LogP contribution in [0.1, 0.15) is 29.2 Å². The van der Waals surface area contributed by atoms with E-state index in [1.54, 1.807) is 24.3 Å². The number of aryl methyl sites for hydroxylation is 1. The zero-order valence-corrected chi connectivity index (χ0v) is 16.2. The highest BCUT2D eigenvalue weighted by atomic mass is 32.1. The molecule has 0 aliphatic carbocycles. The van der Waals surface area contributed by atoms with Crippen LogP contribution < -0.4 is 10.1 Å². The second-order valence-electron chi connectivity index (χ2n) is 5.88. The SMILES string of the molecule is CCc1nnsc1C(=O)O[C@H](C)C(=O)Nc1ccc(Oc2ccccc2)cc1. The Morgan fingerprint density at radius 1 is 1.07 bits per heavy atom. The molecule has 28 heavy (non-hydrogen) atoms. The highest BCUT2D eigenvalue weighted by Gasteiger charge is 2.23. The summed E-state index contributed by atoms with van der Waals surface area (Å²) in [4.78, 5) is 24.8. The Balaban J connectivity index is 1.55. The Morgan fingerprint density at radius 2 is 1.75 bits per heavy atom. The van der Waals surface area contributed by atoms with Crippen molar-refractivity contribution in [2.75, 3.05) is 5.32 Å². The van der Waals surface area contributed by atoms with E-state index in [1.807, 2.05) is 37.3 Å². The predicted molar refractivity (Wildman–Crippen MR) is 106 cm³/mol. The van der Waals surface area contributed by atoms with Crippen molar-refractivity contribution in [1.82, 2.24) is 9.59 Å². The van der Waals surface area contributed by atoms with Crippen molar-refractivity contribution in [1.29, 1.82) is 0 Å². The van der Waals surface area contributed by atoms with Crippen LogP contribution in [0.4, 0.5) is 5.69 Å². The molecule has 3 rings (SSSR count). The number of anilines is 1. The molecule has 0 aliphatic heterocycles. The van der Waals surface area contributed by atoms with E-state index in [-0.39, 0.29) is 0 Å². The lowest BCUT2D eigenvalue weighted by Gasteiger charge is -2.13. The molecule has 0 bridgehead atoms. The van der Waals surface area contributed by atoms with Crippen LogP contribution in [0.15, 0.2) is 54.6 Å². The Bertz CT molecular complexity index is 942. The van der Waals surface area contributed by atoms with Crippen LogP contribution in [-0.2, 0) is 16.0 Å². The van der Waals surface area contributed by atoms with Gasteiger partial charge in [0.05, 0.1) is 5.69 Å². The number of hydrogen-bond acceptors (Lipinski definition) is 7. The van der Waals surface area contributed by atoms with Gasteiger partial charge in [0, 0.05) is 5.69 Å². The number of amides is 1. The standard InChI is InChI=1S/C20H19N3O4S/c1-3-17-18(28-23-22-17)20(25)26-13(2)19(24)21-14-9-11-16(12-10-14)27-15-7-5-4-6-8-15/h4-13H,3H2,1-2H3,(H,21,24)/t13-/m1/s1. The highest BCUT2D eigenvalue weighted by Crippen LogP contribution is 2.23. The first kappa shape index (κ1) is 19.5. The van der Waals surface area contributed by atoms with Crippen molar-refractivity contribution in [3.05, 3.63) is 65.2 Å². The number of ether oxygens (including phenoxy) is 2. The summed E-state index contributed by atoms with van der Waals surface area (Å²) in [6.07, 6.45) is -0.390. The van der Waals surface area contributed by atoms with E-state index in [9.17, 15) is 9.59 Å². The quantitative estimate of drug-likeness (QED) is 0.604. The van der Waals surface area contributed by atoms with E-state index < -0.39 is 18.0 Å². The summed E-state index contributed by atoms with van der Waals surface area (Å²) in [6.45, 7) is 3.38. The predicted octanol–water partition coefficient (Wildman–Crippen LogP) is 4.08. The minimum atomic E-state index is -0.959. The largest absolute Gasteiger partial charge is 0.457 e. The molecule has 144 valence electrons. The van der Waals surface area contributed by atoms with Crippen molar-refractivity contribution in [2.45, 2.75) is 26.4 Å². The number of benzene rings is 2. The topological polar surface area (TPSA) is 90.4 Å². The molecule has 0 radical (unpaired) electrons. The number of hydrogen-bond donors (Lipinski definition) is 1. The van der Waals surface area contributed by atoms with Crippen LogP contribution >= 0.6 is 11.5 Å². The zero-order valence-electron chi connectivity index (χ0n) is 15.4. The number of esters is 1. The van der Waals surface area contributed by atoms with E-state index >= 15 is 0 Å². The molecule has 0 spiro atoms. The second-order valence-corrected chi connectivity index (χ2v) is 6.63. The molecule has 0 aliphatic rings. The summed E-state index contributed by atoms with van der Waals surface area (Å²) >= 11 is 0.961. The number of nitrogens with zero attached hydrogens (tertiary/aromatic N) is 2. The van der Waals surface area contributed by atoms with Gasteiger partial charge in [-0.2, -0.15) is 0 Å². The van der Waals surface area contributed by atoms with Crippen LogP contribution in [-0.4, -0.2) is 27.6 Å². The van der Waals surface area contributed by atoms with Gasteiger partial charge in [0.15, 0.2) is 11.0 Å². The van der Waals surface area contributed by atoms with Crippen LogP contribution in [0.5, 0.6) is 11.5 Å². The first-order valence-electron chi connectivity index (χ1n) is 8.73. The van der Waals surface area contributed by atoms with Gasteiger partial charge in [-0.25, -0.2) is 4.79 Å². The first-order chi connectivity index (χ1) is 13.6. The van der Waals surface area contributed by atoms with Gasteiger partial charge in [-0.15, -0.1) is 5.10 Å². The summed E-state index contributed by atoms with van der Waals surface area (Å²) in [6, 6.07) is 16.3. The molecule has 2 aromatic carbocycles. The van der Waals surface area contributed by atoms with Gasteiger partial charge in [0.2, 0.25) is 0 Å². The molecule has 1 atom stereocenters. The number of aromatic nitrogens is 2. The molecule has 0 saturated heterocycles. The Labute approximate surface area is 166 Å². The average Bonchev–Trinajstić information content (AvgIpc) is 3.19. The Kier molecular flexibility index (Phi) is 6.33. The fourth-order valence-corrected chi connectivity index (χ4v) is 2.97. The lowest BCUT2D eigenvalue weighted by Crippen LogP contribution is -2.30. The lowest BCUT2D eigenvalue weighted by atomic mass is 10.2. The number of carbonyl (C=O) groups is 2. The highest BCUT2D eigenvalue weighted by molar-refractivity contribution is 7.07. The third kappa shape index (κ3) is 4.92. The molecule has 0 fully saturated rings. The molecule has 0 unspecified atom stereocenters. The molecule has 1 amide bonds. The van der Waals surface area contributed by atoms with E-state index in [0.29, 0.717) is 28.4 Å². The maximum atomic E-state index is 12.3. The smallest absolute Gasteiger partial charge is 0.352 e. The molecule has 1 aromatic heterocycles. The summed E-state index contributed by atoms with van der Waals surface area (Å²) < 4.78 is 14.7. The van der Waals surface area contributed by atoms with E-state index in [4.69, 9.17) is 9.47 Å². The van der Waals surface area contributed by atoms with Gasteiger partial charge in [-0.3, -0.25) is 4.79 Å². The summed E-state index contributed by atoms with van der Waals surface area (Å²) in [5.41, 5.74) is 1.14. The van der Waals surface area contributed by atoms with Crippen LogP contribution in [0.25, 0.3) is 0 Å². The van der Waals surface area contributed by atoms with Crippen LogP contribution in [0.2, 0.25) is 0 Å². The van der Waals surface area contributed by atoms with Crippen molar-refractivity contribution >= 4 is 29.1 Å². The first-order valence-corrected chi connectivity index (χ1v) is 9.50. The molecule has 7 nitrogen and oxygen atoms in total. The zero-order chi connectivity index (χ0) is 19.9. The summed E-state index contributed by atoms with van der Waals surface area (Å²) in [5.74, 6) is 0.346. The number of para-hydroxylation sites is 1. The fraction of sp³-hybridized carbons (Fsp3) is 0.200. The molecular weight excluding hydrogens is 378 g/mol. The molecule has 1 heterocycles. The third-order valence-corrected chi connectivity index (χ3v) is 4.58. The minimum absolute atomic E-state index is 0.324. The Morgan fingerprint density at radius 3 is 2.43 bits per heavy atom. The average molecular weight is 397 g/mol. The molecule has 0 saturated carbocycles. The van der Waals surface area contributed by atoms with Gasteiger partial charge in [-0.1, -0.05) is 29.6 Å². The van der Waals surface area contributed by atoms with E-state index in [1.165, 1.54) is 6.92 Å². The normalized spacial score (nSPS) is 11.5. The molecule has 8 heteroatoms. The second kappa shape index (κ2) is 9.09. The number of rotatable bonds is 7. The van der Waals surface area contributed by atoms with Crippen molar-refractivity contribution in [2.24, 2.45) is 0 Å². The van der Waals surface area contributed by atoms with Gasteiger partial charge in [0.25, 0.3) is 5.91 Å². The van der Waals surface area contributed by atoms with E-state index in [2.05, 4.69) is 14.9 Å². The molecule has 1 N–H and O–H groups in total. The fourth-order valence-electron chi connectivity index (χ4n) is 2.34. The van der Waals surface area contributed by atoms with Crippen molar-refractivity contribution in [3.63, 3.8) is 0 Å². The molecular formula is C20H19N3O4S. The van der Waals surface area contributed by atoms with Crippen molar-refractivity contribution in [3.8, 4) is 11.5 Å². The lowest BCUT2D eigenvalue weighted by molar-refractivity contribution is -0.123. The maximum Gasteiger partial charge on any atom is 0.352 e. The third-order valence-electron chi connectivity index (χ3n) is 3.83. The summed E-state index contributed by atoms with van der Waals surface area (Å²) in [7, 11) is 0. The Hall–Kier alpha value is -3.26. The molecule has 3 aromatic rings. The number of nitrogens with one attached hydrogen (secondary N) is 1. The van der Waals surface area contributed by atoms with Gasteiger partial charge in [0.1, 0.15) is 11.5 Å². The summed E-state index contributed by atoms with van der Waals surface area (Å²) in [5, 5.41) is 6.58. The number of carbonyl (C=O) groups excluding carboxylic acids is 2. The van der Waals surface area contributed by atoms with Crippen LogP contribution in [0, 0.1) is 0 Å². The van der Waals surface area contributed by atoms with Gasteiger partial charge < -0.3 is 14.8 Å². The van der Waals surface area contributed by atoms with Crippen molar-refractivity contribution < 1.29 is 19.1 Å².